The summed E-state index contributed by atoms with van der Waals surface area (Å²) in [6, 6.07) is 20.5. The van der Waals surface area contributed by atoms with Crippen LogP contribution in [0.4, 0.5) is 0 Å². The highest BCUT2D eigenvalue weighted by molar-refractivity contribution is 5.81. The average Bonchev–Trinajstić information content (AvgIpc) is 2.76. The van der Waals surface area contributed by atoms with Gasteiger partial charge in [0.1, 0.15) is 0 Å². The Morgan fingerprint density at radius 1 is 1.14 bits per heavy atom. The molecule has 0 spiro atoms. The summed E-state index contributed by atoms with van der Waals surface area (Å²) < 4.78 is 5.43. The van der Waals surface area contributed by atoms with Crippen molar-refractivity contribution in [1.29, 1.82) is 10.5 Å². The largest absolute Gasteiger partial charge is 0.481 e. The molecule has 144 valence electrons. The summed E-state index contributed by atoms with van der Waals surface area (Å²) in [6.07, 6.45) is 4.63. The average molecular weight is 381 g/mol. The van der Waals surface area contributed by atoms with Crippen LogP contribution in [0, 0.1) is 22.7 Å². The molecule has 4 heteroatoms. The molecular weight excluding hydrogens is 358 g/mol. The van der Waals surface area contributed by atoms with Crippen molar-refractivity contribution in [3.63, 3.8) is 0 Å². The first-order valence-electron chi connectivity index (χ1n) is 9.57. The standard InChI is InChI=1S/C25H23N3O/c1-4-20-14-21-10-11-22(15-23(21)28-24(20)29-3)25(2,17-27)16-19-8-5-7-18(13-19)9-6-12-26/h5-11,13-15H,4,16H2,1-3H3/b9-6+. The first-order valence-corrected chi connectivity index (χ1v) is 9.57. The summed E-state index contributed by atoms with van der Waals surface area (Å²) in [6.45, 7) is 4.02. The van der Waals surface area contributed by atoms with Gasteiger partial charge in [0, 0.05) is 17.0 Å². The van der Waals surface area contributed by atoms with Crippen molar-refractivity contribution < 1.29 is 4.74 Å². The summed E-state index contributed by atoms with van der Waals surface area (Å²) >= 11 is 0. The number of allylic oxidation sites excluding steroid dienone is 1. The smallest absolute Gasteiger partial charge is 0.216 e. The number of ether oxygens (including phenoxy) is 1. The van der Waals surface area contributed by atoms with Gasteiger partial charge in [-0.25, -0.2) is 4.98 Å². The number of hydrogen-bond acceptors (Lipinski definition) is 4. The second kappa shape index (κ2) is 8.59. The molecule has 1 heterocycles. The molecule has 0 fully saturated rings. The third kappa shape index (κ3) is 4.28. The molecule has 0 amide bonds. The van der Waals surface area contributed by atoms with E-state index in [9.17, 15) is 5.26 Å². The highest BCUT2D eigenvalue weighted by Crippen LogP contribution is 2.31. The van der Waals surface area contributed by atoms with E-state index in [4.69, 9.17) is 10.00 Å². The third-order valence-corrected chi connectivity index (χ3v) is 5.17. The number of aromatic nitrogens is 1. The highest BCUT2D eigenvalue weighted by Gasteiger charge is 2.27. The normalized spacial score (nSPS) is 13.0. The van der Waals surface area contributed by atoms with Crippen LogP contribution in [-0.2, 0) is 18.3 Å². The summed E-state index contributed by atoms with van der Waals surface area (Å²) in [4.78, 5) is 4.66. The fraction of sp³-hybridized carbons (Fsp3) is 0.240. The number of nitrogens with zero attached hydrogens (tertiary/aromatic N) is 3. The molecular formula is C25H23N3O. The molecule has 29 heavy (non-hydrogen) atoms. The Bertz CT molecular complexity index is 1150. The lowest BCUT2D eigenvalue weighted by Crippen LogP contribution is -2.23. The van der Waals surface area contributed by atoms with E-state index in [1.807, 2.05) is 55.5 Å². The van der Waals surface area contributed by atoms with Gasteiger partial charge in [0.25, 0.3) is 0 Å². The minimum atomic E-state index is -0.704. The first-order chi connectivity index (χ1) is 14.0. The molecule has 3 rings (SSSR count). The van der Waals surface area contributed by atoms with E-state index in [1.165, 1.54) is 6.08 Å². The molecule has 4 nitrogen and oxygen atoms in total. The predicted molar refractivity (Wildman–Crippen MR) is 115 cm³/mol. The van der Waals surface area contributed by atoms with Crippen LogP contribution < -0.4 is 4.74 Å². The molecule has 0 saturated carbocycles. The number of benzene rings is 2. The van der Waals surface area contributed by atoms with E-state index in [-0.39, 0.29) is 0 Å². The number of nitriles is 2. The van der Waals surface area contributed by atoms with Crippen LogP contribution >= 0.6 is 0 Å². The summed E-state index contributed by atoms with van der Waals surface area (Å²) in [5.41, 5.74) is 4.10. The van der Waals surface area contributed by atoms with Gasteiger partial charge < -0.3 is 4.74 Å². The molecule has 1 aromatic heterocycles. The van der Waals surface area contributed by atoms with E-state index in [2.05, 4.69) is 24.0 Å². The molecule has 1 unspecified atom stereocenters. The molecule has 0 aliphatic heterocycles. The SMILES string of the molecule is CCc1cc2ccc(C(C)(C#N)Cc3cccc(/C=C/C#N)c3)cc2nc1OC. The monoisotopic (exact) mass is 381 g/mol. The van der Waals surface area contributed by atoms with E-state index in [0.717, 1.165) is 39.6 Å². The summed E-state index contributed by atoms with van der Waals surface area (Å²) in [7, 11) is 1.63. The van der Waals surface area contributed by atoms with Crippen LogP contribution in [0.15, 0.2) is 54.6 Å². The predicted octanol–water partition coefficient (Wildman–Crippen LogP) is 5.37. The minimum absolute atomic E-state index is 0.563. The van der Waals surface area contributed by atoms with Crippen LogP contribution in [-0.4, -0.2) is 12.1 Å². The minimum Gasteiger partial charge on any atom is -0.481 e. The Morgan fingerprint density at radius 3 is 2.66 bits per heavy atom. The maximum Gasteiger partial charge on any atom is 0.216 e. The fourth-order valence-electron chi connectivity index (χ4n) is 3.52. The number of aryl methyl sites for hydroxylation is 1. The summed E-state index contributed by atoms with van der Waals surface area (Å²) in [5, 5.41) is 19.8. The molecule has 0 radical (unpaired) electrons. The van der Waals surface area contributed by atoms with E-state index < -0.39 is 5.41 Å². The van der Waals surface area contributed by atoms with Crippen molar-refractivity contribution in [2.24, 2.45) is 0 Å². The number of methoxy groups -OCH3 is 1. The third-order valence-electron chi connectivity index (χ3n) is 5.17. The molecule has 0 aliphatic carbocycles. The lowest BCUT2D eigenvalue weighted by molar-refractivity contribution is 0.395. The van der Waals surface area contributed by atoms with Crippen molar-refractivity contribution >= 4 is 17.0 Å². The molecule has 2 aromatic carbocycles. The zero-order valence-corrected chi connectivity index (χ0v) is 16.9. The number of hydrogen-bond donors (Lipinski definition) is 0. The fourth-order valence-corrected chi connectivity index (χ4v) is 3.52. The van der Waals surface area contributed by atoms with Gasteiger partial charge in [-0.2, -0.15) is 10.5 Å². The zero-order valence-electron chi connectivity index (χ0n) is 16.9. The first kappa shape index (κ1) is 20.1. The topological polar surface area (TPSA) is 69.7 Å². The maximum absolute atomic E-state index is 10.0. The Labute approximate surface area is 171 Å². The summed E-state index contributed by atoms with van der Waals surface area (Å²) in [5.74, 6) is 0.632. The van der Waals surface area contributed by atoms with Crippen molar-refractivity contribution in [2.45, 2.75) is 32.1 Å². The molecule has 1 atom stereocenters. The lowest BCUT2D eigenvalue weighted by Gasteiger charge is -2.23. The van der Waals surface area contributed by atoms with Crippen molar-refractivity contribution in [3.05, 3.63) is 76.9 Å². The van der Waals surface area contributed by atoms with Crippen LogP contribution in [0.3, 0.4) is 0 Å². The van der Waals surface area contributed by atoms with Gasteiger partial charge >= 0.3 is 0 Å². The van der Waals surface area contributed by atoms with Gasteiger partial charge in [-0.1, -0.05) is 43.3 Å². The van der Waals surface area contributed by atoms with Crippen LogP contribution in [0.1, 0.15) is 36.1 Å². The number of fused-ring (bicyclic) bond motifs is 1. The van der Waals surface area contributed by atoms with Gasteiger partial charge in [0.05, 0.1) is 30.2 Å². The quantitative estimate of drug-likeness (QED) is 0.539. The zero-order chi connectivity index (χ0) is 20.9. The van der Waals surface area contributed by atoms with Crippen LogP contribution in [0.2, 0.25) is 0 Å². The Morgan fingerprint density at radius 2 is 1.97 bits per heavy atom. The Kier molecular flexibility index (Phi) is 5.96. The Hall–Kier alpha value is -3.63. The second-order valence-corrected chi connectivity index (χ2v) is 7.25. The molecule has 0 aliphatic rings. The second-order valence-electron chi connectivity index (χ2n) is 7.25. The van der Waals surface area contributed by atoms with Gasteiger partial charge in [-0.15, -0.1) is 0 Å². The maximum atomic E-state index is 10.0. The molecule has 3 aromatic rings. The van der Waals surface area contributed by atoms with Crippen molar-refractivity contribution in [1.82, 2.24) is 4.98 Å². The van der Waals surface area contributed by atoms with Gasteiger partial charge in [0.2, 0.25) is 5.88 Å². The Balaban J connectivity index is 2.00. The van der Waals surface area contributed by atoms with Crippen molar-refractivity contribution in [3.8, 4) is 18.0 Å². The van der Waals surface area contributed by atoms with E-state index in [0.29, 0.717) is 12.3 Å². The number of rotatable bonds is 6. The molecule has 0 N–H and O–H groups in total. The van der Waals surface area contributed by atoms with Crippen LogP contribution in [0.5, 0.6) is 5.88 Å². The van der Waals surface area contributed by atoms with Gasteiger partial charge in [-0.3, -0.25) is 0 Å². The van der Waals surface area contributed by atoms with Gasteiger partial charge in [0.15, 0.2) is 0 Å². The molecule has 0 bridgehead atoms. The van der Waals surface area contributed by atoms with E-state index >= 15 is 0 Å². The highest BCUT2D eigenvalue weighted by atomic mass is 16.5. The lowest BCUT2D eigenvalue weighted by atomic mass is 9.78. The number of pyridine rings is 1. The van der Waals surface area contributed by atoms with Gasteiger partial charge in [-0.05, 0) is 54.7 Å². The molecule has 0 saturated heterocycles. The van der Waals surface area contributed by atoms with Crippen LogP contribution in [0.25, 0.3) is 17.0 Å². The van der Waals surface area contributed by atoms with E-state index in [1.54, 1.807) is 13.2 Å². The van der Waals surface area contributed by atoms with Crippen molar-refractivity contribution in [2.75, 3.05) is 7.11 Å².